The van der Waals surface area contributed by atoms with Crippen molar-refractivity contribution in [1.82, 2.24) is 40.0 Å². The summed E-state index contributed by atoms with van der Waals surface area (Å²) in [7, 11) is 4.09. The second-order valence-electron chi connectivity index (χ2n) is 31.8. The molecule has 2 amide bonds. The molecule has 0 bridgehead atoms. The van der Waals surface area contributed by atoms with Gasteiger partial charge in [-0.2, -0.15) is 0 Å². The number of nitrogens with one attached hydrogen (secondary N) is 6. The van der Waals surface area contributed by atoms with Gasteiger partial charge in [0.05, 0.1) is 32.4 Å². The fraction of sp³-hybridized carbons (Fsp3) is 0.407. The molecule has 4 aromatic carbocycles. The van der Waals surface area contributed by atoms with Crippen LogP contribution < -0.4 is 29.9 Å². The van der Waals surface area contributed by atoms with E-state index in [4.69, 9.17) is 34.5 Å². The fourth-order valence-corrected chi connectivity index (χ4v) is 15.0. The van der Waals surface area contributed by atoms with Crippen LogP contribution in [0.5, 0.6) is 0 Å². The van der Waals surface area contributed by atoms with E-state index < -0.39 is 52.9 Å². The van der Waals surface area contributed by atoms with Gasteiger partial charge in [0.1, 0.15) is 75.7 Å². The number of rotatable bonds is 25. The number of aliphatic hydroxyl groups is 1. The first kappa shape index (κ1) is 106. The molecule has 0 spiro atoms. The Morgan fingerprint density at radius 2 is 0.837 bits per heavy atom. The number of esters is 6. The van der Waals surface area contributed by atoms with Crippen LogP contribution in [0.4, 0.5) is 0 Å². The summed E-state index contributed by atoms with van der Waals surface area (Å²) in [6.07, 6.45) is 8.97. The molecule has 9 aromatic rings. The van der Waals surface area contributed by atoms with Crippen LogP contribution in [0.3, 0.4) is 0 Å². The number of aliphatic carboxylic acids is 1. The quantitative estimate of drug-likeness (QED) is 0.00844. The maximum atomic E-state index is 12.8. The molecule has 28 nitrogen and oxygen atoms in total. The molecule has 5 aromatic heterocycles. The first-order valence-corrected chi connectivity index (χ1v) is 42.7. The smallest absolute Gasteiger partial charge is 0.870 e. The number of H-pyrrole nitrogens is 5. The maximum Gasteiger partial charge on any atom is 1.00 e. The van der Waals surface area contributed by atoms with Crippen LogP contribution >= 0.6 is 67.8 Å². The summed E-state index contributed by atoms with van der Waals surface area (Å²) in [4.78, 5) is 138. The number of carboxylic acid groups (broad SMARTS) is 1. The number of benzene rings is 4. The predicted octanol–water partition coefficient (Wildman–Crippen LogP) is 10.5. The molecule has 0 fully saturated rings. The summed E-state index contributed by atoms with van der Waals surface area (Å²) in [5.74, 6) is -3.54. The molecular formula is C91H115I3LiN9O19. The number of carboxylic acids is 1. The Morgan fingerprint density at radius 3 is 1.19 bits per heavy atom. The number of aliphatic hydroxyl groups excluding tert-OH is 1. The standard InChI is InChI=1S/C22H29IN2O4.C18H20N2O3.C17H18N2O3.C12H18INO3.C12H16INO3.C10H13NO2.Li.H2O/c1-14-16(18(25-19(14)23)21(27)29-22(2,3)4)11-12-24-17(20(26)28-5)13-15-9-7-6-8-10-15;1-12-11-19-16-14(12)8-9-20(17(16)21)15(18(22)23-2)10-13-6-4-3-5-7-13;1-11-10-18-15-13(11)7-8-19(16(15)20)14(17(21)22)9-12-5-3-2-4-6-12;2*1-7-8(5-6-15)9(14-10(7)13)11(16)17-12(2,3)4;1-13-10(12)9(11)7-8-5-3-2-4-6-8;;/h6-10,17,24-25H,11-13H2,1-5H3;3-7,11,15,19H,8-10H2,1-2H3;2-6,10,14,18H,7-9H2,1H3,(H,21,22);14-15H,5-6H2,1-4H3;6,14H,5H2,1-4H3;2-6,9H,7,11H2,1H3;;1H2/q;;;;;;+1;/p-1/t17-;15-;14-;;;9-;;/m000..0../s1. The summed E-state index contributed by atoms with van der Waals surface area (Å²) in [5, 5.41) is 21.9. The third kappa shape index (κ3) is 32.1. The molecule has 2 aliphatic heterocycles. The normalized spacial score (nSPS) is 13.0. The van der Waals surface area contributed by atoms with Gasteiger partial charge in [-0.3, -0.25) is 19.2 Å². The molecule has 2 aliphatic rings. The number of aromatic amines is 5. The zero-order chi connectivity index (χ0) is 89.8. The number of carbonyl (C=O) groups excluding carboxylic acids is 9. The van der Waals surface area contributed by atoms with Gasteiger partial charge in [0, 0.05) is 57.9 Å². The Kier molecular flexibility index (Phi) is 43.2. The van der Waals surface area contributed by atoms with Crippen LogP contribution in [-0.4, -0.2) is 199 Å². The van der Waals surface area contributed by atoms with Crippen LogP contribution in [0.15, 0.2) is 134 Å². The van der Waals surface area contributed by atoms with Crippen molar-refractivity contribution < 1.29 is 111 Å². The van der Waals surface area contributed by atoms with Crippen molar-refractivity contribution in [2.45, 2.75) is 196 Å². The number of nitrogens with zero attached hydrogens (tertiary/aromatic N) is 2. The second-order valence-corrected chi connectivity index (χ2v) is 35.0. The number of amides is 2. The van der Waals surface area contributed by atoms with E-state index in [0.717, 1.165) is 102 Å². The first-order chi connectivity index (χ1) is 57.1. The molecule has 4 atom stereocenters. The number of nitrogens with two attached hydrogens (primary N) is 1. The minimum absolute atomic E-state index is 0. The predicted molar refractivity (Wildman–Crippen MR) is 489 cm³/mol. The average molecular weight is 2030 g/mol. The zero-order valence-corrected chi connectivity index (χ0v) is 79.7. The minimum atomic E-state index is -0.969. The van der Waals surface area contributed by atoms with Crippen molar-refractivity contribution in [3.63, 3.8) is 0 Å². The SMILES string of the molecule is COC(=O)[C@@H](N)Cc1ccccc1.COC(=O)[C@H](Cc1ccccc1)N1CCc2c(C)c[nH]c2C1=O.COC(=O)[C@H](Cc1ccccc1)NCCc1c(C(=O)OC(C)(C)C)[nH]c(I)c1C.Cc1c(I)[nH]c(C(=O)OC(C)(C)C)c1CC=O.Cc1c(I)[nH]c(C(=O)OC(C)(C)C)c1CCO.Cc1c[nH]c2c1CCN([C@@H](Cc1ccccc1)C(=O)O)C2=O.[Li+].[OH-]. The molecule has 11 rings (SSSR count). The number of halogens is 3. The van der Waals surface area contributed by atoms with Crippen molar-refractivity contribution in [2.75, 3.05) is 47.6 Å². The van der Waals surface area contributed by atoms with Gasteiger partial charge >= 0.3 is 60.6 Å². The van der Waals surface area contributed by atoms with Gasteiger partial charge in [-0.1, -0.05) is 121 Å². The molecule has 123 heavy (non-hydrogen) atoms. The molecule has 0 unspecified atom stereocenters. The van der Waals surface area contributed by atoms with Gasteiger partial charge in [0.2, 0.25) is 0 Å². The Morgan fingerprint density at radius 1 is 0.504 bits per heavy atom. The molecule has 7 heterocycles. The van der Waals surface area contributed by atoms with E-state index in [0.29, 0.717) is 93.0 Å². The molecule has 32 heteroatoms. The maximum absolute atomic E-state index is 12.8. The van der Waals surface area contributed by atoms with E-state index in [9.17, 15) is 53.1 Å². The van der Waals surface area contributed by atoms with Crippen LogP contribution in [0.2, 0.25) is 0 Å². The van der Waals surface area contributed by atoms with Gasteiger partial charge in [-0.15, -0.1) is 0 Å². The molecule has 0 radical (unpaired) electrons. The number of aldehydes is 1. The van der Waals surface area contributed by atoms with E-state index in [1.165, 1.54) is 26.2 Å². The topological polar surface area (TPSA) is 420 Å². The molecule has 11 N–H and O–H groups in total. The Balaban J connectivity index is 0.000000314. The summed E-state index contributed by atoms with van der Waals surface area (Å²) in [6.45, 7) is 27.7. The fourth-order valence-electron chi connectivity index (χ4n) is 13.2. The molecule has 0 saturated heterocycles. The Labute approximate surface area is 772 Å². The van der Waals surface area contributed by atoms with Crippen LogP contribution in [-0.2, 0) is 110 Å². The third-order valence-electron chi connectivity index (χ3n) is 19.4. The second kappa shape index (κ2) is 50.1. The van der Waals surface area contributed by atoms with Crippen molar-refractivity contribution in [3.05, 3.63) is 251 Å². The number of aromatic nitrogens is 5. The van der Waals surface area contributed by atoms with Gasteiger partial charge < -0.3 is 94.7 Å². The summed E-state index contributed by atoms with van der Waals surface area (Å²) in [6, 6.07) is 36.0. The third-order valence-corrected chi connectivity index (χ3v) is 22.6. The van der Waals surface area contributed by atoms with Gasteiger partial charge in [0.15, 0.2) is 0 Å². The van der Waals surface area contributed by atoms with Gasteiger partial charge in [-0.25, -0.2) is 24.0 Å². The minimum Gasteiger partial charge on any atom is -0.870 e. The number of fused-ring (bicyclic) bond motifs is 2. The average Bonchev–Trinajstić information content (AvgIpc) is 1.71. The van der Waals surface area contributed by atoms with Crippen molar-refractivity contribution in [1.29, 1.82) is 0 Å². The number of aryl methyl sites for hydroxylation is 2. The largest absolute Gasteiger partial charge is 1.00 e. The number of hydrogen-bond donors (Lipinski definition) is 9. The van der Waals surface area contributed by atoms with E-state index in [-0.39, 0.29) is 79.0 Å². The van der Waals surface area contributed by atoms with Gasteiger partial charge in [0.25, 0.3) is 11.8 Å². The summed E-state index contributed by atoms with van der Waals surface area (Å²) < 4.78 is 33.2. The summed E-state index contributed by atoms with van der Waals surface area (Å²) in [5.41, 5.74) is 20.0. The summed E-state index contributed by atoms with van der Waals surface area (Å²) >= 11 is 6.42. The molecule has 660 valence electrons. The monoisotopic (exact) mass is 2030 g/mol. The van der Waals surface area contributed by atoms with E-state index in [1.807, 2.05) is 224 Å². The Bertz CT molecular complexity index is 4970. The Hall–Kier alpha value is -9.19. The first-order valence-electron chi connectivity index (χ1n) is 39.5. The van der Waals surface area contributed by atoms with Crippen molar-refractivity contribution >= 4 is 128 Å². The van der Waals surface area contributed by atoms with E-state index in [1.54, 1.807) is 11.1 Å². The zero-order valence-electron chi connectivity index (χ0n) is 73.3. The van der Waals surface area contributed by atoms with Crippen molar-refractivity contribution in [3.8, 4) is 0 Å². The molecular weight excluding hydrogens is 1910 g/mol. The van der Waals surface area contributed by atoms with E-state index >= 15 is 0 Å². The van der Waals surface area contributed by atoms with Crippen molar-refractivity contribution in [2.24, 2.45) is 5.73 Å². The number of methoxy groups -OCH3 is 3. The van der Waals surface area contributed by atoms with Crippen LogP contribution in [0.25, 0.3) is 0 Å². The number of carbonyl (C=O) groups is 10. The van der Waals surface area contributed by atoms with Gasteiger partial charge in [-0.05, 0) is 281 Å². The van der Waals surface area contributed by atoms with Crippen LogP contribution in [0, 0.1) is 45.7 Å². The number of ether oxygens (including phenoxy) is 6. The van der Waals surface area contributed by atoms with E-state index in [2.05, 4.69) is 103 Å². The number of hydrogen-bond acceptors (Lipinski definition) is 20. The molecule has 0 aliphatic carbocycles. The molecule has 0 saturated carbocycles. The van der Waals surface area contributed by atoms with Crippen LogP contribution in [0.1, 0.15) is 193 Å².